The maximum atomic E-state index is 12.4. The largest absolute Gasteiger partial charge is 0.444 e. The van der Waals surface area contributed by atoms with Gasteiger partial charge >= 0.3 is 6.09 Å². The Hall–Kier alpha value is -1.58. The molecule has 0 spiro atoms. The third kappa shape index (κ3) is 3.42. The number of fused-ring (bicyclic) bond motifs is 1. The first-order valence-electron chi connectivity index (χ1n) is 8.02. The van der Waals surface area contributed by atoms with Crippen molar-refractivity contribution in [2.75, 3.05) is 18.8 Å². The average molecular weight is 443 g/mol. The Kier molecular flexibility index (Phi) is 4.58. The van der Waals surface area contributed by atoms with Crippen molar-refractivity contribution in [3.8, 4) is 0 Å². The van der Waals surface area contributed by atoms with Crippen LogP contribution in [0.25, 0.3) is 10.9 Å². The number of hydrogen-bond donors (Lipinski definition) is 1. The summed E-state index contributed by atoms with van der Waals surface area (Å²) in [5, 5.41) is 5.53. The summed E-state index contributed by atoms with van der Waals surface area (Å²) in [5.74, 6) is 0.489. The number of nitrogens with zero attached hydrogens (tertiary/aromatic N) is 4. The Balaban J connectivity index is 1.86. The number of nitrogens with two attached hydrogens (primary N) is 1. The normalized spacial score (nSPS) is 18.8. The molecule has 1 aliphatic heterocycles. The molecule has 2 aromatic heterocycles. The van der Waals surface area contributed by atoms with E-state index in [1.165, 1.54) is 0 Å². The standard InChI is InChI=1S/C16H22IN5O2/c1-16(2,3)24-15(23)21-8-4-5-10(9-21)22-11-6-7-19-14(18)12(11)13(17)20-22/h6-7,10H,4-5,8-9H2,1-3H3,(H2,18,19). The number of likely N-dealkylation sites (tertiary alicyclic amines) is 1. The summed E-state index contributed by atoms with van der Waals surface area (Å²) < 4.78 is 8.31. The predicted molar refractivity (Wildman–Crippen MR) is 101 cm³/mol. The highest BCUT2D eigenvalue weighted by Gasteiger charge is 2.30. The van der Waals surface area contributed by atoms with Gasteiger partial charge in [-0.25, -0.2) is 9.78 Å². The summed E-state index contributed by atoms with van der Waals surface area (Å²) in [6.45, 7) is 6.94. The quantitative estimate of drug-likeness (QED) is 0.685. The fourth-order valence-corrected chi connectivity index (χ4v) is 3.78. The van der Waals surface area contributed by atoms with Crippen molar-refractivity contribution in [2.45, 2.75) is 45.3 Å². The second-order valence-electron chi connectivity index (χ2n) is 7.05. The first kappa shape index (κ1) is 17.2. The van der Waals surface area contributed by atoms with Crippen molar-refractivity contribution in [3.63, 3.8) is 0 Å². The van der Waals surface area contributed by atoms with E-state index >= 15 is 0 Å². The molecule has 3 heterocycles. The van der Waals surface area contributed by atoms with Gasteiger partial charge in [-0.2, -0.15) is 5.10 Å². The number of ether oxygens (including phenoxy) is 1. The number of carbonyl (C=O) groups is 1. The summed E-state index contributed by atoms with van der Waals surface area (Å²) in [7, 11) is 0. The van der Waals surface area contributed by atoms with E-state index in [1.807, 2.05) is 31.5 Å². The van der Waals surface area contributed by atoms with E-state index in [1.54, 1.807) is 11.1 Å². The van der Waals surface area contributed by atoms with Crippen molar-refractivity contribution in [2.24, 2.45) is 0 Å². The topological polar surface area (TPSA) is 86.3 Å². The number of aromatic nitrogens is 3. The molecule has 1 saturated heterocycles. The Morgan fingerprint density at radius 1 is 1.46 bits per heavy atom. The molecule has 0 saturated carbocycles. The van der Waals surface area contributed by atoms with E-state index in [4.69, 9.17) is 10.5 Å². The van der Waals surface area contributed by atoms with Gasteiger partial charge in [-0.1, -0.05) is 0 Å². The molecule has 1 amide bonds. The third-order valence-corrected chi connectivity index (χ3v) is 4.76. The van der Waals surface area contributed by atoms with E-state index in [9.17, 15) is 4.79 Å². The van der Waals surface area contributed by atoms with E-state index < -0.39 is 5.60 Å². The zero-order chi connectivity index (χ0) is 17.5. The molecular formula is C16H22IN5O2. The molecule has 1 unspecified atom stereocenters. The lowest BCUT2D eigenvalue weighted by Gasteiger charge is -2.34. The Bertz CT molecular complexity index is 768. The van der Waals surface area contributed by atoms with Crippen LogP contribution in [0.4, 0.5) is 10.6 Å². The molecule has 3 rings (SSSR count). The lowest BCUT2D eigenvalue weighted by molar-refractivity contribution is 0.0169. The maximum absolute atomic E-state index is 12.4. The average Bonchev–Trinajstić information content (AvgIpc) is 2.84. The van der Waals surface area contributed by atoms with Crippen LogP contribution in [0.5, 0.6) is 0 Å². The van der Waals surface area contributed by atoms with Crippen molar-refractivity contribution in [1.82, 2.24) is 19.7 Å². The fourth-order valence-electron chi connectivity index (χ4n) is 2.99. The Morgan fingerprint density at radius 3 is 2.92 bits per heavy atom. The van der Waals surface area contributed by atoms with Gasteiger partial charge in [0, 0.05) is 19.3 Å². The van der Waals surface area contributed by atoms with Crippen LogP contribution < -0.4 is 5.73 Å². The SMILES string of the molecule is CC(C)(C)OC(=O)N1CCCC(n2nc(I)c3c(N)nccc32)C1. The Morgan fingerprint density at radius 2 is 2.21 bits per heavy atom. The van der Waals surface area contributed by atoms with Gasteiger partial charge in [-0.05, 0) is 62.3 Å². The van der Waals surface area contributed by atoms with Gasteiger partial charge in [-0.3, -0.25) is 4.68 Å². The van der Waals surface area contributed by atoms with Crippen molar-refractivity contribution in [1.29, 1.82) is 0 Å². The second-order valence-corrected chi connectivity index (χ2v) is 8.07. The van der Waals surface area contributed by atoms with E-state index in [0.29, 0.717) is 18.9 Å². The number of nitrogen functional groups attached to an aromatic ring is 1. The molecule has 0 aromatic carbocycles. The van der Waals surface area contributed by atoms with Gasteiger partial charge in [0.1, 0.15) is 15.1 Å². The first-order chi connectivity index (χ1) is 11.3. The maximum Gasteiger partial charge on any atom is 0.410 e. The number of piperidine rings is 1. The summed E-state index contributed by atoms with van der Waals surface area (Å²) in [4.78, 5) is 18.3. The minimum atomic E-state index is -0.488. The van der Waals surface area contributed by atoms with Crippen LogP contribution in [0.3, 0.4) is 0 Å². The lowest BCUT2D eigenvalue weighted by atomic mass is 10.1. The molecule has 7 nitrogen and oxygen atoms in total. The summed E-state index contributed by atoms with van der Waals surface area (Å²) in [6.07, 6.45) is 3.32. The number of halogens is 1. The molecule has 0 radical (unpaired) electrons. The highest BCUT2D eigenvalue weighted by Crippen LogP contribution is 2.30. The van der Waals surface area contributed by atoms with Crippen molar-refractivity contribution < 1.29 is 9.53 Å². The lowest BCUT2D eigenvalue weighted by Crippen LogP contribution is -2.43. The zero-order valence-corrected chi connectivity index (χ0v) is 16.3. The second kappa shape index (κ2) is 6.38. The molecule has 2 aromatic rings. The minimum absolute atomic E-state index is 0.110. The molecule has 130 valence electrons. The highest BCUT2D eigenvalue weighted by atomic mass is 127. The Labute approximate surface area is 154 Å². The van der Waals surface area contributed by atoms with Gasteiger partial charge in [0.15, 0.2) is 0 Å². The summed E-state index contributed by atoms with van der Waals surface area (Å²) in [5.41, 5.74) is 6.46. The molecule has 0 aliphatic carbocycles. The van der Waals surface area contributed by atoms with Crippen LogP contribution in [-0.4, -0.2) is 44.4 Å². The summed E-state index contributed by atoms with van der Waals surface area (Å²) in [6, 6.07) is 2.03. The van der Waals surface area contributed by atoms with Crippen LogP contribution in [0.1, 0.15) is 39.7 Å². The number of anilines is 1. The van der Waals surface area contributed by atoms with Crippen LogP contribution in [-0.2, 0) is 4.74 Å². The number of amides is 1. The van der Waals surface area contributed by atoms with Gasteiger partial charge < -0.3 is 15.4 Å². The fraction of sp³-hybridized carbons (Fsp3) is 0.562. The van der Waals surface area contributed by atoms with Gasteiger partial charge in [-0.15, -0.1) is 0 Å². The molecule has 2 N–H and O–H groups in total. The van der Waals surface area contributed by atoms with E-state index in [-0.39, 0.29) is 12.1 Å². The highest BCUT2D eigenvalue weighted by molar-refractivity contribution is 14.1. The third-order valence-electron chi connectivity index (χ3n) is 4.00. The van der Waals surface area contributed by atoms with Crippen molar-refractivity contribution >= 4 is 45.4 Å². The van der Waals surface area contributed by atoms with Crippen molar-refractivity contribution in [3.05, 3.63) is 16.0 Å². The number of pyridine rings is 1. The van der Waals surface area contributed by atoms with Gasteiger partial charge in [0.05, 0.1) is 16.9 Å². The monoisotopic (exact) mass is 443 g/mol. The minimum Gasteiger partial charge on any atom is -0.444 e. The smallest absolute Gasteiger partial charge is 0.410 e. The van der Waals surface area contributed by atoms with E-state index in [2.05, 4.69) is 32.7 Å². The molecule has 24 heavy (non-hydrogen) atoms. The molecule has 1 fully saturated rings. The number of rotatable bonds is 1. The van der Waals surface area contributed by atoms with Crippen LogP contribution in [0, 0.1) is 3.70 Å². The molecule has 8 heteroatoms. The molecule has 1 aliphatic rings. The predicted octanol–water partition coefficient (Wildman–Crippen LogP) is 3.19. The van der Waals surface area contributed by atoms with Crippen LogP contribution >= 0.6 is 22.6 Å². The van der Waals surface area contributed by atoms with Gasteiger partial charge in [0.2, 0.25) is 0 Å². The van der Waals surface area contributed by atoms with Crippen LogP contribution in [0.2, 0.25) is 0 Å². The van der Waals surface area contributed by atoms with E-state index in [0.717, 1.165) is 27.4 Å². The first-order valence-corrected chi connectivity index (χ1v) is 9.10. The van der Waals surface area contributed by atoms with Gasteiger partial charge in [0.25, 0.3) is 0 Å². The summed E-state index contributed by atoms with van der Waals surface area (Å²) >= 11 is 2.18. The number of carbonyl (C=O) groups excluding carboxylic acids is 1. The number of hydrogen-bond acceptors (Lipinski definition) is 5. The molecular weight excluding hydrogens is 421 g/mol. The zero-order valence-electron chi connectivity index (χ0n) is 14.1. The molecule has 1 atom stereocenters. The van der Waals surface area contributed by atoms with Crippen LogP contribution in [0.15, 0.2) is 12.3 Å². The molecule has 0 bridgehead atoms.